The monoisotopic (exact) mass is 432 g/mol. The maximum atomic E-state index is 11.1. The Morgan fingerprint density at radius 1 is 1.38 bits per heavy atom. The lowest BCUT2D eigenvalue weighted by atomic mass is 10.2. The number of hydrogen-bond donors (Lipinski definition) is 1. The Morgan fingerprint density at radius 2 is 2.05 bits per heavy atom. The molecular formula is C14H14Br2N2O2S. The smallest absolute Gasteiger partial charge is 0.305 e. The van der Waals surface area contributed by atoms with Gasteiger partial charge in [0.2, 0.25) is 0 Å². The van der Waals surface area contributed by atoms with Gasteiger partial charge in [-0.1, -0.05) is 0 Å². The molecule has 0 aliphatic carbocycles. The first-order chi connectivity index (χ1) is 9.99. The van der Waals surface area contributed by atoms with E-state index in [9.17, 15) is 4.79 Å². The van der Waals surface area contributed by atoms with Gasteiger partial charge in [-0.05, 0) is 56.5 Å². The number of ether oxygens (including phenoxy) is 1. The molecule has 1 aromatic carbocycles. The first kappa shape index (κ1) is 16.5. The maximum absolute atomic E-state index is 11.1. The number of hydrogen-bond acceptors (Lipinski definition) is 5. The van der Waals surface area contributed by atoms with E-state index < -0.39 is 0 Å². The SMILES string of the molecule is COC(=O)CCc1csc(Nc2c(Br)cc(C)cc2Br)n1. The van der Waals surface area contributed by atoms with Crippen LogP contribution in [-0.4, -0.2) is 18.1 Å². The molecule has 0 saturated carbocycles. The van der Waals surface area contributed by atoms with Crippen LogP contribution in [0.25, 0.3) is 0 Å². The molecule has 1 heterocycles. The van der Waals surface area contributed by atoms with Crippen LogP contribution >= 0.6 is 43.2 Å². The number of benzene rings is 1. The second-order valence-electron chi connectivity index (χ2n) is 4.45. The summed E-state index contributed by atoms with van der Waals surface area (Å²) in [6.45, 7) is 2.04. The molecule has 4 nitrogen and oxygen atoms in total. The van der Waals surface area contributed by atoms with Crippen molar-refractivity contribution in [2.45, 2.75) is 19.8 Å². The van der Waals surface area contributed by atoms with Crippen LogP contribution < -0.4 is 5.32 Å². The minimum atomic E-state index is -0.221. The van der Waals surface area contributed by atoms with Crippen LogP contribution in [0, 0.1) is 6.92 Å². The van der Waals surface area contributed by atoms with E-state index in [1.807, 2.05) is 24.4 Å². The number of esters is 1. The molecule has 0 atom stereocenters. The molecule has 2 aromatic rings. The molecule has 0 radical (unpaired) electrons. The van der Waals surface area contributed by atoms with Gasteiger partial charge in [0.05, 0.1) is 24.9 Å². The van der Waals surface area contributed by atoms with Crippen molar-refractivity contribution in [3.05, 3.63) is 37.7 Å². The quantitative estimate of drug-likeness (QED) is 0.686. The Balaban J connectivity index is 2.08. The fourth-order valence-electron chi connectivity index (χ4n) is 1.74. The van der Waals surface area contributed by atoms with Gasteiger partial charge in [0.25, 0.3) is 0 Å². The van der Waals surface area contributed by atoms with E-state index in [4.69, 9.17) is 0 Å². The van der Waals surface area contributed by atoms with Gasteiger partial charge in [0, 0.05) is 20.7 Å². The molecule has 0 amide bonds. The molecule has 0 fully saturated rings. The number of thiazole rings is 1. The Bertz CT molecular complexity index is 635. The fourth-order valence-corrected chi connectivity index (χ4v) is 4.10. The highest BCUT2D eigenvalue weighted by atomic mass is 79.9. The number of rotatable bonds is 5. The minimum Gasteiger partial charge on any atom is -0.469 e. The van der Waals surface area contributed by atoms with Gasteiger partial charge >= 0.3 is 5.97 Å². The first-order valence-electron chi connectivity index (χ1n) is 6.23. The maximum Gasteiger partial charge on any atom is 0.305 e. The summed E-state index contributed by atoms with van der Waals surface area (Å²) in [5.41, 5.74) is 2.99. The van der Waals surface area contributed by atoms with Gasteiger partial charge in [-0.25, -0.2) is 4.98 Å². The van der Waals surface area contributed by atoms with E-state index in [0.29, 0.717) is 12.8 Å². The van der Waals surface area contributed by atoms with Crippen molar-refractivity contribution in [2.24, 2.45) is 0 Å². The predicted octanol–water partition coefficient (Wildman–Crippen LogP) is 4.83. The number of carbonyl (C=O) groups is 1. The molecule has 0 aliphatic rings. The highest BCUT2D eigenvalue weighted by Crippen LogP contribution is 2.35. The van der Waals surface area contributed by atoms with Crippen molar-refractivity contribution in [2.75, 3.05) is 12.4 Å². The second-order valence-corrected chi connectivity index (χ2v) is 7.02. The summed E-state index contributed by atoms with van der Waals surface area (Å²) >= 11 is 8.60. The summed E-state index contributed by atoms with van der Waals surface area (Å²) in [6.07, 6.45) is 0.929. The standard InChI is InChI=1S/C14H14Br2N2O2S/c1-8-5-10(15)13(11(16)6-8)18-14-17-9(7-21-14)3-4-12(19)20-2/h5-7H,3-4H2,1-2H3,(H,17,18). The normalized spacial score (nSPS) is 10.5. The Labute approximate surface area is 144 Å². The largest absolute Gasteiger partial charge is 0.469 e. The third-order valence-corrected chi connectivity index (χ3v) is 4.84. The summed E-state index contributed by atoms with van der Waals surface area (Å²) in [6, 6.07) is 4.08. The lowest BCUT2D eigenvalue weighted by molar-refractivity contribution is -0.140. The highest BCUT2D eigenvalue weighted by Gasteiger charge is 2.10. The highest BCUT2D eigenvalue weighted by molar-refractivity contribution is 9.11. The summed E-state index contributed by atoms with van der Waals surface area (Å²) in [4.78, 5) is 15.6. The molecule has 1 aromatic heterocycles. The van der Waals surface area contributed by atoms with Crippen molar-refractivity contribution in [3.8, 4) is 0 Å². The second kappa shape index (κ2) is 7.38. The first-order valence-corrected chi connectivity index (χ1v) is 8.70. The molecule has 112 valence electrons. The molecule has 1 N–H and O–H groups in total. The van der Waals surface area contributed by atoms with Crippen LogP contribution in [-0.2, 0) is 16.0 Å². The van der Waals surface area contributed by atoms with E-state index in [2.05, 4.69) is 46.9 Å². The van der Waals surface area contributed by atoms with Crippen molar-refractivity contribution in [3.63, 3.8) is 0 Å². The third-order valence-electron chi connectivity index (χ3n) is 2.78. The van der Waals surface area contributed by atoms with Crippen molar-refractivity contribution in [1.82, 2.24) is 4.98 Å². The van der Waals surface area contributed by atoms with E-state index in [1.54, 1.807) is 0 Å². The van der Waals surface area contributed by atoms with Gasteiger partial charge in [0.15, 0.2) is 5.13 Å². The van der Waals surface area contributed by atoms with E-state index in [1.165, 1.54) is 18.4 Å². The lowest BCUT2D eigenvalue weighted by Crippen LogP contribution is -2.02. The van der Waals surface area contributed by atoms with Crippen molar-refractivity contribution < 1.29 is 9.53 Å². The summed E-state index contributed by atoms with van der Waals surface area (Å²) in [7, 11) is 1.39. The number of aryl methyl sites for hydroxylation is 2. The van der Waals surface area contributed by atoms with Crippen molar-refractivity contribution in [1.29, 1.82) is 0 Å². The van der Waals surface area contributed by atoms with E-state index >= 15 is 0 Å². The van der Waals surface area contributed by atoms with Crippen LogP contribution in [0.15, 0.2) is 26.5 Å². The topological polar surface area (TPSA) is 51.2 Å². The molecule has 0 bridgehead atoms. The van der Waals surface area contributed by atoms with Crippen LogP contribution in [0.5, 0.6) is 0 Å². The third kappa shape index (κ3) is 4.52. The number of nitrogens with one attached hydrogen (secondary N) is 1. The Morgan fingerprint density at radius 3 is 2.67 bits per heavy atom. The van der Waals surface area contributed by atoms with E-state index in [-0.39, 0.29) is 5.97 Å². The molecule has 21 heavy (non-hydrogen) atoms. The summed E-state index contributed by atoms with van der Waals surface area (Å²) in [5.74, 6) is -0.221. The lowest BCUT2D eigenvalue weighted by Gasteiger charge is -2.09. The van der Waals surface area contributed by atoms with Gasteiger partial charge < -0.3 is 10.1 Å². The zero-order chi connectivity index (χ0) is 15.4. The number of halogens is 2. The fraction of sp³-hybridized carbons (Fsp3) is 0.286. The summed E-state index contributed by atoms with van der Waals surface area (Å²) < 4.78 is 6.57. The van der Waals surface area contributed by atoms with Gasteiger partial charge in [-0.15, -0.1) is 11.3 Å². The molecule has 0 unspecified atom stereocenters. The number of carbonyl (C=O) groups excluding carboxylic acids is 1. The zero-order valence-electron chi connectivity index (χ0n) is 11.6. The van der Waals surface area contributed by atoms with Gasteiger partial charge in [-0.3, -0.25) is 4.79 Å². The molecule has 2 rings (SSSR count). The van der Waals surface area contributed by atoms with Crippen molar-refractivity contribution >= 4 is 60.0 Å². The summed E-state index contributed by atoms with van der Waals surface area (Å²) in [5, 5.41) is 6.02. The Hall–Kier alpha value is -0.920. The van der Waals surface area contributed by atoms with Crippen LogP contribution in [0.1, 0.15) is 17.7 Å². The number of methoxy groups -OCH3 is 1. The number of anilines is 2. The predicted molar refractivity (Wildman–Crippen MR) is 92.3 cm³/mol. The minimum absolute atomic E-state index is 0.221. The molecule has 0 saturated heterocycles. The van der Waals surface area contributed by atoms with E-state index in [0.717, 1.165) is 31.0 Å². The van der Waals surface area contributed by atoms with Crippen LogP contribution in [0.2, 0.25) is 0 Å². The van der Waals surface area contributed by atoms with Crippen LogP contribution in [0.3, 0.4) is 0 Å². The Kier molecular flexibility index (Phi) is 5.78. The average molecular weight is 434 g/mol. The average Bonchev–Trinajstić information content (AvgIpc) is 2.88. The van der Waals surface area contributed by atoms with Gasteiger partial charge in [0.1, 0.15) is 0 Å². The molecule has 0 aliphatic heterocycles. The number of nitrogens with zero attached hydrogens (tertiary/aromatic N) is 1. The zero-order valence-corrected chi connectivity index (χ0v) is 15.6. The number of aromatic nitrogens is 1. The van der Waals surface area contributed by atoms with Crippen LogP contribution in [0.4, 0.5) is 10.8 Å². The van der Waals surface area contributed by atoms with Gasteiger partial charge in [-0.2, -0.15) is 0 Å². The molecular weight excluding hydrogens is 420 g/mol. The molecule has 0 spiro atoms. The molecule has 7 heteroatoms.